The zero-order valence-electron chi connectivity index (χ0n) is 8.00. The summed E-state index contributed by atoms with van der Waals surface area (Å²) in [4.78, 5) is 0. The second-order valence-corrected chi connectivity index (χ2v) is 8.08. The molecule has 84 valence electrons. The van der Waals surface area contributed by atoms with Gasteiger partial charge in [-0.2, -0.15) is 0 Å². The Morgan fingerprint density at radius 3 is 2.87 bits per heavy atom. The van der Waals surface area contributed by atoms with Crippen molar-refractivity contribution >= 4 is 33.1 Å². The number of sulfonamides is 1. The molecule has 0 aromatic carbocycles. The molecular formula is C8H11NO3S3. The predicted molar refractivity (Wildman–Crippen MR) is 60.6 cm³/mol. The van der Waals surface area contributed by atoms with Gasteiger partial charge >= 0.3 is 0 Å². The first kappa shape index (κ1) is 11.4. The first-order valence-electron chi connectivity index (χ1n) is 4.39. The lowest BCUT2D eigenvalue weighted by atomic mass is 10.1. The van der Waals surface area contributed by atoms with Crippen LogP contribution in [-0.2, 0) is 10.0 Å². The van der Waals surface area contributed by atoms with Gasteiger partial charge in [-0.1, -0.05) is 6.92 Å². The molecular weight excluding hydrogens is 254 g/mol. The normalized spacial score (nSPS) is 26.3. The highest BCUT2D eigenvalue weighted by molar-refractivity contribution is 8.02. The number of aliphatic hydroxyl groups is 1. The molecule has 2 atom stereocenters. The molecule has 2 rings (SSSR count). The molecule has 1 aliphatic heterocycles. The van der Waals surface area contributed by atoms with Crippen molar-refractivity contribution < 1.29 is 13.5 Å². The summed E-state index contributed by atoms with van der Waals surface area (Å²) in [5.41, 5.74) is 0.701. The molecule has 0 aliphatic carbocycles. The van der Waals surface area contributed by atoms with Gasteiger partial charge in [0.1, 0.15) is 4.21 Å². The molecule has 0 bridgehead atoms. The van der Waals surface area contributed by atoms with Gasteiger partial charge in [0, 0.05) is 10.8 Å². The molecule has 15 heavy (non-hydrogen) atoms. The van der Waals surface area contributed by atoms with Crippen LogP contribution in [0.5, 0.6) is 0 Å². The number of primary sulfonamides is 1. The Kier molecular flexibility index (Phi) is 2.85. The molecule has 1 aliphatic rings. The minimum Gasteiger partial charge on any atom is -0.388 e. The Balaban J connectivity index is 2.48. The van der Waals surface area contributed by atoms with Crippen molar-refractivity contribution in [1.29, 1.82) is 0 Å². The largest absolute Gasteiger partial charge is 0.388 e. The van der Waals surface area contributed by atoms with Gasteiger partial charge in [-0.05, 0) is 12.5 Å². The third-order valence-corrected chi connectivity index (χ3v) is 6.15. The van der Waals surface area contributed by atoms with Gasteiger partial charge in [0.2, 0.25) is 10.0 Å². The maximum Gasteiger partial charge on any atom is 0.247 e. The monoisotopic (exact) mass is 265 g/mol. The number of hydrogen-bond acceptors (Lipinski definition) is 5. The van der Waals surface area contributed by atoms with E-state index >= 15 is 0 Å². The van der Waals surface area contributed by atoms with E-state index in [0.29, 0.717) is 17.2 Å². The topological polar surface area (TPSA) is 80.4 Å². The van der Waals surface area contributed by atoms with Crippen LogP contribution in [0.15, 0.2) is 14.5 Å². The van der Waals surface area contributed by atoms with E-state index in [0.717, 1.165) is 15.5 Å². The lowest BCUT2D eigenvalue weighted by Crippen LogP contribution is -2.11. The van der Waals surface area contributed by atoms with Crippen LogP contribution in [0.1, 0.15) is 25.0 Å². The van der Waals surface area contributed by atoms with Gasteiger partial charge in [0.05, 0.1) is 10.3 Å². The fourth-order valence-electron chi connectivity index (χ4n) is 1.50. The van der Waals surface area contributed by atoms with E-state index in [4.69, 9.17) is 5.14 Å². The lowest BCUT2D eigenvalue weighted by Gasteiger charge is -2.22. The second-order valence-electron chi connectivity index (χ2n) is 3.53. The maximum absolute atomic E-state index is 11.1. The standard InChI is InChI=1S/C8H11NO3S3/c1-4-2-6(10)5-3-7(15(9,11)12)14-8(5)13-4/h3-4,6,10H,2H2,1H3,(H2,9,11,12)/t4-,6+/m1/s1. The SMILES string of the molecule is C[C@@H]1C[C@H](O)c2cc(S(N)(=O)=O)sc2S1. The predicted octanol–water partition coefficient (Wildman–Crippen LogP) is 1.31. The molecule has 0 radical (unpaired) electrons. The van der Waals surface area contributed by atoms with Crippen LogP contribution in [0.2, 0.25) is 0 Å². The smallest absolute Gasteiger partial charge is 0.247 e. The number of hydrogen-bond donors (Lipinski definition) is 2. The highest BCUT2D eigenvalue weighted by Gasteiger charge is 2.28. The van der Waals surface area contributed by atoms with Crippen LogP contribution in [0.25, 0.3) is 0 Å². The maximum atomic E-state index is 11.1. The number of thioether (sulfide) groups is 1. The third kappa shape index (κ3) is 2.21. The van der Waals surface area contributed by atoms with Crippen molar-refractivity contribution in [1.82, 2.24) is 0 Å². The van der Waals surface area contributed by atoms with Crippen molar-refractivity contribution in [2.75, 3.05) is 0 Å². The van der Waals surface area contributed by atoms with Crippen LogP contribution < -0.4 is 5.14 Å². The summed E-state index contributed by atoms with van der Waals surface area (Å²) >= 11 is 2.73. The molecule has 0 fully saturated rings. The second kappa shape index (κ2) is 3.74. The lowest BCUT2D eigenvalue weighted by molar-refractivity contribution is 0.164. The molecule has 0 spiro atoms. The summed E-state index contributed by atoms with van der Waals surface area (Å²) in [5, 5.41) is 15.1. The average Bonchev–Trinajstić information content (AvgIpc) is 2.46. The van der Waals surface area contributed by atoms with E-state index in [1.807, 2.05) is 6.92 Å². The van der Waals surface area contributed by atoms with Crippen molar-refractivity contribution in [3.63, 3.8) is 0 Å². The Hall–Kier alpha value is -0.0800. The van der Waals surface area contributed by atoms with Crippen LogP contribution >= 0.6 is 23.1 Å². The van der Waals surface area contributed by atoms with Crippen molar-refractivity contribution in [2.24, 2.45) is 5.14 Å². The Bertz CT molecular complexity index is 479. The molecule has 3 N–H and O–H groups in total. The molecule has 1 aromatic heterocycles. The summed E-state index contributed by atoms with van der Waals surface area (Å²) < 4.78 is 23.3. The average molecular weight is 265 g/mol. The van der Waals surface area contributed by atoms with E-state index in [1.165, 1.54) is 6.07 Å². The van der Waals surface area contributed by atoms with Crippen molar-refractivity contribution in [2.45, 2.75) is 33.1 Å². The van der Waals surface area contributed by atoms with E-state index in [2.05, 4.69) is 0 Å². The zero-order valence-corrected chi connectivity index (χ0v) is 10.5. The minimum absolute atomic E-state index is 0.133. The van der Waals surface area contributed by atoms with Gasteiger partial charge in [0.15, 0.2) is 0 Å². The van der Waals surface area contributed by atoms with Gasteiger partial charge in [-0.25, -0.2) is 13.6 Å². The minimum atomic E-state index is -3.64. The van der Waals surface area contributed by atoms with Crippen LogP contribution in [0.4, 0.5) is 0 Å². The Morgan fingerprint density at radius 1 is 1.60 bits per heavy atom. The number of nitrogens with two attached hydrogens (primary N) is 1. The summed E-state index contributed by atoms with van der Waals surface area (Å²) in [5.74, 6) is 0. The van der Waals surface area contributed by atoms with Crippen molar-refractivity contribution in [3.8, 4) is 0 Å². The molecule has 1 aromatic rings. The highest BCUT2D eigenvalue weighted by atomic mass is 32.3. The summed E-state index contributed by atoms with van der Waals surface area (Å²) in [6, 6.07) is 1.48. The Morgan fingerprint density at radius 2 is 2.27 bits per heavy atom. The third-order valence-electron chi connectivity index (χ3n) is 2.21. The van der Waals surface area contributed by atoms with Crippen molar-refractivity contribution in [3.05, 3.63) is 11.6 Å². The molecule has 0 unspecified atom stereocenters. The van der Waals surface area contributed by atoms with Gasteiger partial charge in [-0.15, -0.1) is 23.1 Å². The molecule has 4 nitrogen and oxygen atoms in total. The van der Waals surface area contributed by atoms with E-state index in [9.17, 15) is 13.5 Å². The zero-order chi connectivity index (χ0) is 11.2. The molecule has 2 heterocycles. The molecule has 0 amide bonds. The van der Waals surface area contributed by atoms with Crippen LogP contribution in [0.3, 0.4) is 0 Å². The van der Waals surface area contributed by atoms with Gasteiger partial charge in [-0.3, -0.25) is 0 Å². The quantitative estimate of drug-likeness (QED) is 0.802. The van der Waals surface area contributed by atoms with E-state index < -0.39 is 16.1 Å². The number of fused-ring (bicyclic) bond motifs is 1. The Labute approximate surface area is 96.5 Å². The fraction of sp³-hybridized carbons (Fsp3) is 0.500. The van der Waals surface area contributed by atoms with Crippen LogP contribution in [-0.4, -0.2) is 18.8 Å². The number of rotatable bonds is 1. The summed E-state index contributed by atoms with van der Waals surface area (Å²) in [7, 11) is -3.64. The van der Waals surface area contributed by atoms with Gasteiger partial charge < -0.3 is 5.11 Å². The summed E-state index contributed by atoms with van der Waals surface area (Å²) in [6.45, 7) is 2.01. The first-order chi connectivity index (χ1) is 6.88. The fourth-order valence-corrected chi connectivity index (χ4v) is 5.28. The number of aliphatic hydroxyl groups excluding tert-OH is 1. The highest BCUT2D eigenvalue weighted by Crippen LogP contribution is 2.46. The van der Waals surface area contributed by atoms with Crippen LogP contribution in [0, 0.1) is 0 Å². The molecule has 7 heteroatoms. The van der Waals surface area contributed by atoms with E-state index in [1.54, 1.807) is 11.8 Å². The molecule has 0 saturated carbocycles. The van der Waals surface area contributed by atoms with E-state index in [-0.39, 0.29) is 4.21 Å². The molecule has 0 saturated heterocycles. The summed E-state index contributed by atoms with van der Waals surface area (Å²) in [6.07, 6.45) is 0.0846. The first-order valence-corrected chi connectivity index (χ1v) is 7.63. The number of thiophene rings is 1. The van der Waals surface area contributed by atoms with Gasteiger partial charge in [0.25, 0.3) is 0 Å².